The van der Waals surface area contributed by atoms with Crippen LogP contribution in [0.2, 0.25) is 0 Å². The van der Waals surface area contributed by atoms with Crippen LogP contribution in [0.25, 0.3) is 0 Å². The number of carbonyl (C=O) groups is 3. The Hall–Kier alpha value is -2.57. The average molecular weight is 699 g/mol. The van der Waals surface area contributed by atoms with Crippen molar-refractivity contribution in [3.63, 3.8) is 0 Å². The predicted molar refractivity (Wildman–Crippen MR) is 200 cm³/mol. The van der Waals surface area contributed by atoms with Crippen molar-refractivity contribution in [2.45, 2.75) is 188 Å². The van der Waals surface area contributed by atoms with Gasteiger partial charge in [0.2, 0.25) is 0 Å². The second-order valence-corrected chi connectivity index (χ2v) is 15.2. The summed E-state index contributed by atoms with van der Waals surface area (Å²) >= 11 is 0. The van der Waals surface area contributed by atoms with E-state index in [1.165, 1.54) is 96.5 Å². The molecule has 284 valence electrons. The van der Waals surface area contributed by atoms with Crippen LogP contribution in [0.4, 0.5) is 0 Å². The molecule has 2 aliphatic rings. The molecule has 0 spiro atoms. The summed E-state index contributed by atoms with van der Waals surface area (Å²) in [6, 6.07) is 6.12. The van der Waals surface area contributed by atoms with Crippen molar-refractivity contribution in [3.8, 4) is 5.75 Å². The van der Waals surface area contributed by atoms with Gasteiger partial charge in [-0.25, -0.2) is 4.79 Å². The van der Waals surface area contributed by atoms with E-state index in [1.807, 2.05) is 12.1 Å². The maximum absolute atomic E-state index is 12.5. The van der Waals surface area contributed by atoms with E-state index in [0.717, 1.165) is 81.9 Å². The fraction of sp³-hybridized carbons (Fsp3) is 0.791. The van der Waals surface area contributed by atoms with E-state index in [-0.39, 0.29) is 42.6 Å². The lowest BCUT2D eigenvalue weighted by Crippen LogP contribution is -2.30. The highest BCUT2D eigenvalue weighted by Gasteiger charge is 2.47. The summed E-state index contributed by atoms with van der Waals surface area (Å²) in [7, 11) is 0. The number of benzene rings is 1. The van der Waals surface area contributed by atoms with Gasteiger partial charge in [-0.05, 0) is 86.3 Å². The fourth-order valence-electron chi connectivity index (χ4n) is 8.42. The average Bonchev–Trinajstić information content (AvgIpc) is 3.41. The quantitative estimate of drug-likeness (QED) is 0.0513. The molecule has 0 aliphatic heterocycles. The van der Waals surface area contributed by atoms with Gasteiger partial charge in [-0.15, -0.1) is 0 Å². The molecular weight excluding hydrogens is 628 g/mol. The lowest BCUT2D eigenvalue weighted by Gasteiger charge is -2.33. The van der Waals surface area contributed by atoms with E-state index >= 15 is 0 Å². The summed E-state index contributed by atoms with van der Waals surface area (Å²) in [6.45, 7) is 7.79. The Morgan fingerprint density at radius 2 is 1.36 bits per heavy atom. The Morgan fingerprint density at radius 1 is 0.740 bits per heavy atom. The number of esters is 3. The molecule has 50 heavy (non-hydrogen) atoms. The molecule has 0 heterocycles. The molecule has 0 radical (unpaired) electrons. The van der Waals surface area contributed by atoms with Crippen molar-refractivity contribution in [2.75, 3.05) is 13.2 Å². The molecule has 0 saturated heterocycles. The number of rotatable bonds is 27. The van der Waals surface area contributed by atoms with E-state index in [0.29, 0.717) is 18.4 Å². The SMILES string of the molecule is CCCCCCCCCCCCCCCCOC(=O)COc1cccc2c1C[C@H]1C[C@@H](OC(C)=O)[C@H](CC[C@H](CCCCC)OC(C)=O)[C@H]1C2. The first-order valence-corrected chi connectivity index (χ1v) is 20.6. The minimum atomic E-state index is -0.317. The normalized spacial score (nSPS) is 20.1. The third-order valence-corrected chi connectivity index (χ3v) is 11.0. The van der Waals surface area contributed by atoms with Crippen LogP contribution >= 0.6 is 0 Å². The van der Waals surface area contributed by atoms with Crippen LogP contribution in [0.15, 0.2) is 18.2 Å². The van der Waals surface area contributed by atoms with Gasteiger partial charge >= 0.3 is 17.9 Å². The topological polar surface area (TPSA) is 88.1 Å². The zero-order chi connectivity index (χ0) is 36.0. The third kappa shape index (κ3) is 15.8. The number of fused-ring (bicyclic) bond motifs is 2. The standard InChI is InChI=1S/C43H70O7/c1-5-7-9-10-11-12-13-14-15-16-17-18-19-21-28-47-43(46)32-48-41-25-22-23-35-29-39-36(30-40(35)41)31-42(50-34(4)45)38(39)27-26-37(49-33(3)44)24-20-8-6-2/h22-23,25,36-39,42H,5-21,24,26-32H2,1-4H3/t36-,37-,38+,39-,42+/m0/s1. The molecule has 1 fully saturated rings. The molecule has 1 saturated carbocycles. The molecule has 7 nitrogen and oxygen atoms in total. The molecular formula is C43H70O7. The summed E-state index contributed by atoms with van der Waals surface area (Å²) in [5, 5.41) is 0. The molecule has 1 aromatic carbocycles. The zero-order valence-corrected chi connectivity index (χ0v) is 32.2. The molecule has 0 aromatic heterocycles. The highest BCUT2D eigenvalue weighted by Crippen LogP contribution is 2.49. The second-order valence-electron chi connectivity index (χ2n) is 15.2. The van der Waals surface area contributed by atoms with Gasteiger partial charge in [-0.2, -0.15) is 0 Å². The van der Waals surface area contributed by atoms with Crippen LogP contribution < -0.4 is 4.74 Å². The lowest BCUT2D eigenvalue weighted by atomic mass is 9.73. The monoisotopic (exact) mass is 699 g/mol. The van der Waals surface area contributed by atoms with Crippen molar-refractivity contribution in [3.05, 3.63) is 29.3 Å². The Labute approximate surface area is 304 Å². The molecule has 3 rings (SSSR count). The van der Waals surface area contributed by atoms with Crippen molar-refractivity contribution in [1.29, 1.82) is 0 Å². The van der Waals surface area contributed by atoms with Crippen LogP contribution in [0.1, 0.15) is 174 Å². The Balaban J connectivity index is 1.39. The molecule has 0 unspecified atom stereocenters. The number of carbonyl (C=O) groups excluding carboxylic acids is 3. The molecule has 5 atom stereocenters. The molecule has 7 heteroatoms. The van der Waals surface area contributed by atoms with E-state index in [1.54, 1.807) is 0 Å². The number of hydrogen-bond acceptors (Lipinski definition) is 7. The Bertz CT molecular complexity index is 1120. The first kappa shape index (κ1) is 41.8. The minimum absolute atomic E-state index is 0.0859. The number of ether oxygens (including phenoxy) is 4. The highest BCUT2D eigenvalue weighted by molar-refractivity contribution is 5.71. The summed E-state index contributed by atoms with van der Waals surface area (Å²) in [6.07, 6.45) is 26.3. The van der Waals surface area contributed by atoms with Gasteiger partial charge in [-0.3, -0.25) is 9.59 Å². The first-order chi connectivity index (χ1) is 24.3. The highest BCUT2D eigenvalue weighted by atomic mass is 16.6. The lowest BCUT2D eigenvalue weighted by molar-refractivity contribution is -0.149. The van der Waals surface area contributed by atoms with Crippen molar-refractivity contribution < 1.29 is 33.3 Å². The van der Waals surface area contributed by atoms with Crippen LogP contribution in [0.3, 0.4) is 0 Å². The maximum Gasteiger partial charge on any atom is 0.344 e. The summed E-state index contributed by atoms with van der Waals surface area (Å²) in [4.78, 5) is 36.5. The van der Waals surface area contributed by atoms with Gasteiger partial charge in [0.05, 0.1) is 6.61 Å². The Kier molecular flexibility index (Phi) is 20.6. The smallest absolute Gasteiger partial charge is 0.344 e. The predicted octanol–water partition coefficient (Wildman–Crippen LogP) is 10.7. The van der Waals surface area contributed by atoms with Gasteiger partial charge in [0.15, 0.2) is 6.61 Å². The Morgan fingerprint density at radius 3 is 1.98 bits per heavy atom. The summed E-state index contributed by atoms with van der Waals surface area (Å²) < 4.78 is 23.2. The van der Waals surface area contributed by atoms with Gasteiger partial charge in [0.1, 0.15) is 18.0 Å². The van der Waals surface area contributed by atoms with E-state index < -0.39 is 0 Å². The van der Waals surface area contributed by atoms with Crippen molar-refractivity contribution in [2.24, 2.45) is 17.8 Å². The largest absolute Gasteiger partial charge is 0.482 e. The molecule has 1 aromatic rings. The van der Waals surface area contributed by atoms with Gasteiger partial charge in [-0.1, -0.05) is 122 Å². The summed E-state index contributed by atoms with van der Waals surface area (Å²) in [5.41, 5.74) is 2.40. The van der Waals surface area contributed by atoms with Crippen molar-refractivity contribution >= 4 is 17.9 Å². The van der Waals surface area contributed by atoms with Crippen LogP contribution in [0.5, 0.6) is 5.75 Å². The minimum Gasteiger partial charge on any atom is -0.482 e. The first-order valence-electron chi connectivity index (χ1n) is 20.6. The number of hydrogen-bond donors (Lipinski definition) is 0. The number of unbranched alkanes of at least 4 members (excludes halogenated alkanes) is 15. The van der Waals surface area contributed by atoms with Gasteiger partial charge < -0.3 is 18.9 Å². The molecule has 2 aliphatic carbocycles. The van der Waals surface area contributed by atoms with Gasteiger partial charge in [0, 0.05) is 13.8 Å². The van der Waals surface area contributed by atoms with E-state index in [9.17, 15) is 14.4 Å². The maximum atomic E-state index is 12.5. The molecule has 0 bridgehead atoms. The van der Waals surface area contributed by atoms with E-state index in [2.05, 4.69) is 19.9 Å². The zero-order valence-electron chi connectivity index (χ0n) is 32.2. The van der Waals surface area contributed by atoms with Crippen LogP contribution in [0, 0.1) is 17.8 Å². The van der Waals surface area contributed by atoms with Crippen molar-refractivity contribution in [1.82, 2.24) is 0 Å². The second kappa shape index (κ2) is 24.6. The molecule has 0 amide bonds. The van der Waals surface area contributed by atoms with E-state index in [4.69, 9.17) is 18.9 Å². The fourth-order valence-corrected chi connectivity index (χ4v) is 8.42. The van der Waals surface area contributed by atoms with Crippen LogP contribution in [-0.2, 0) is 41.4 Å². The van der Waals surface area contributed by atoms with Crippen LogP contribution in [-0.4, -0.2) is 43.3 Å². The third-order valence-electron chi connectivity index (χ3n) is 11.0. The summed E-state index contributed by atoms with van der Waals surface area (Å²) in [5.74, 6) is 0.927. The van der Waals surface area contributed by atoms with Gasteiger partial charge in [0.25, 0.3) is 0 Å². The molecule has 0 N–H and O–H groups in total.